The average molecular weight is 387 g/mol. The molecule has 1 aromatic rings. The Hall–Kier alpha value is -0.456. The molecule has 21 heavy (non-hydrogen) atoms. The molecular weight excluding hydrogens is 373 g/mol. The number of ether oxygens (including phenoxy) is 1. The molecule has 0 spiro atoms. The second-order valence-corrected chi connectivity index (χ2v) is 5.10. The summed E-state index contributed by atoms with van der Waals surface area (Å²) in [6.45, 7) is 0. The monoisotopic (exact) mass is 387 g/mol. The Morgan fingerprint density at radius 3 is 2.57 bits per heavy atom. The third-order valence-corrected chi connectivity index (χ3v) is 3.29. The molecule has 3 nitrogen and oxygen atoms in total. The third kappa shape index (κ3) is 4.27. The van der Waals surface area contributed by atoms with Crippen molar-refractivity contribution in [1.82, 2.24) is 4.90 Å². The van der Waals surface area contributed by atoms with Crippen LogP contribution >= 0.6 is 11.8 Å². The predicted octanol–water partition coefficient (Wildman–Crippen LogP) is 3.06. The van der Waals surface area contributed by atoms with Crippen molar-refractivity contribution in [3.05, 3.63) is 35.4 Å². The molecule has 0 unspecified atom stereocenters. The van der Waals surface area contributed by atoms with Crippen molar-refractivity contribution in [3.63, 3.8) is 0 Å². The van der Waals surface area contributed by atoms with Gasteiger partial charge in [0.2, 0.25) is 5.91 Å². The average Bonchev–Trinajstić information content (AvgIpc) is 2.40. The van der Waals surface area contributed by atoms with Gasteiger partial charge in [-0.15, -0.1) is 23.9 Å². The first-order chi connectivity index (χ1) is 9.54. The van der Waals surface area contributed by atoms with E-state index in [2.05, 4.69) is 6.08 Å². The Bertz CT molecular complexity index is 543. The van der Waals surface area contributed by atoms with Gasteiger partial charge in [0.1, 0.15) is 11.7 Å². The van der Waals surface area contributed by atoms with E-state index in [1.54, 1.807) is 0 Å². The fourth-order valence-corrected chi connectivity index (χ4v) is 2.20. The van der Waals surface area contributed by atoms with Crippen LogP contribution in [0.2, 0.25) is 0 Å². The van der Waals surface area contributed by atoms with E-state index < -0.39 is 11.6 Å². The first-order valence-corrected chi connectivity index (χ1v) is 7.42. The number of hydrogen-bond acceptors (Lipinski definition) is 3. The number of carbonyl (C=O) groups excluding carboxylic acids is 1. The first-order valence-electron chi connectivity index (χ1n) is 6.03. The van der Waals surface area contributed by atoms with E-state index in [-0.39, 0.29) is 55.6 Å². The van der Waals surface area contributed by atoms with E-state index in [1.165, 1.54) is 23.7 Å². The second-order valence-electron chi connectivity index (χ2n) is 4.29. The van der Waals surface area contributed by atoms with Crippen molar-refractivity contribution in [2.24, 2.45) is 0 Å². The SMILES string of the molecule is CSCOc1cc(F)c(C2=[C-]CCC(=O)N2C)c(F)c1.[Y]. The summed E-state index contributed by atoms with van der Waals surface area (Å²) in [7, 11) is 1.49. The van der Waals surface area contributed by atoms with E-state index in [4.69, 9.17) is 4.74 Å². The fourth-order valence-electron chi connectivity index (χ4n) is 1.94. The first kappa shape index (κ1) is 18.6. The van der Waals surface area contributed by atoms with Crippen LogP contribution in [-0.2, 0) is 37.5 Å². The zero-order chi connectivity index (χ0) is 14.7. The van der Waals surface area contributed by atoms with Gasteiger partial charge in [0.25, 0.3) is 0 Å². The molecule has 0 N–H and O–H groups in total. The second kappa shape index (κ2) is 8.25. The zero-order valence-corrected chi connectivity index (χ0v) is 15.4. The number of carbonyl (C=O) groups is 1. The number of allylic oxidation sites excluding steroid dienone is 1. The van der Waals surface area contributed by atoms with Gasteiger partial charge in [-0.25, -0.2) is 14.9 Å². The Kier molecular flexibility index (Phi) is 7.30. The summed E-state index contributed by atoms with van der Waals surface area (Å²) >= 11 is 1.40. The number of nitrogens with zero attached hydrogens (tertiary/aromatic N) is 1. The van der Waals surface area contributed by atoms with Crippen LogP contribution in [0.1, 0.15) is 18.4 Å². The molecule has 0 saturated heterocycles. The maximum Gasteiger partial charge on any atom is 0.222 e. The van der Waals surface area contributed by atoms with E-state index in [0.29, 0.717) is 18.8 Å². The van der Waals surface area contributed by atoms with Crippen molar-refractivity contribution >= 4 is 23.4 Å². The molecule has 0 fully saturated rings. The molecular formula is C14H14F2NO2SY-. The maximum atomic E-state index is 14.1. The van der Waals surface area contributed by atoms with E-state index in [0.717, 1.165) is 12.1 Å². The van der Waals surface area contributed by atoms with Crippen LogP contribution in [0.5, 0.6) is 5.75 Å². The molecule has 1 aliphatic rings. The van der Waals surface area contributed by atoms with E-state index >= 15 is 0 Å². The molecule has 0 saturated carbocycles. The quantitative estimate of drug-likeness (QED) is 0.588. The smallest absolute Gasteiger partial charge is 0.222 e. The molecule has 7 heteroatoms. The van der Waals surface area contributed by atoms with Gasteiger partial charge >= 0.3 is 0 Å². The molecule has 1 radical (unpaired) electrons. The molecule has 111 valence electrons. The normalized spacial score (nSPS) is 14.6. The minimum Gasteiger partial charge on any atom is -0.483 e. The topological polar surface area (TPSA) is 29.5 Å². The molecule has 0 bridgehead atoms. The van der Waals surface area contributed by atoms with Gasteiger partial charge in [-0.2, -0.15) is 0 Å². The van der Waals surface area contributed by atoms with Gasteiger partial charge in [-0.05, 0) is 18.4 Å². The Morgan fingerprint density at radius 1 is 1.38 bits per heavy atom. The van der Waals surface area contributed by atoms with Crippen molar-refractivity contribution < 1.29 is 51.0 Å². The summed E-state index contributed by atoms with van der Waals surface area (Å²) < 4.78 is 33.4. The number of amides is 1. The predicted molar refractivity (Wildman–Crippen MR) is 74.0 cm³/mol. The van der Waals surface area contributed by atoms with Gasteiger partial charge < -0.3 is 9.64 Å². The minimum atomic E-state index is -0.759. The number of benzene rings is 1. The molecule has 1 amide bonds. The van der Waals surface area contributed by atoms with Gasteiger partial charge in [-0.3, -0.25) is 4.79 Å². The molecule has 1 aromatic carbocycles. The minimum absolute atomic E-state index is 0. The Morgan fingerprint density at radius 2 is 2.00 bits per heavy atom. The van der Waals surface area contributed by atoms with Crippen molar-refractivity contribution in [2.45, 2.75) is 12.8 Å². The number of halogens is 2. The van der Waals surface area contributed by atoms with E-state index in [1.807, 2.05) is 6.26 Å². The summed E-state index contributed by atoms with van der Waals surface area (Å²) in [5.74, 6) is -1.26. The number of hydrogen-bond donors (Lipinski definition) is 0. The van der Waals surface area contributed by atoms with Gasteiger partial charge in [0, 0.05) is 46.2 Å². The largest absolute Gasteiger partial charge is 0.483 e. The zero-order valence-electron chi connectivity index (χ0n) is 11.8. The number of thioether (sulfide) groups is 1. The van der Waals surface area contributed by atoms with Crippen LogP contribution < -0.4 is 4.74 Å². The maximum absolute atomic E-state index is 14.1. The van der Waals surface area contributed by atoms with E-state index in [9.17, 15) is 13.6 Å². The van der Waals surface area contributed by atoms with Crippen LogP contribution in [0, 0.1) is 17.7 Å². The number of rotatable bonds is 4. The molecule has 0 atom stereocenters. The third-order valence-electron chi connectivity index (χ3n) is 2.94. The Labute approximate surface area is 152 Å². The van der Waals surface area contributed by atoms with Gasteiger partial charge in [0.15, 0.2) is 0 Å². The summed E-state index contributed by atoms with van der Waals surface area (Å²) in [4.78, 5) is 12.8. The molecule has 1 heterocycles. The molecule has 0 aliphatic carbocycles. The van der Waals surface area contributed by atoms with Crippen LogP contribution in [0.25, 0.3) is 5.70 Å². The molecule has 0 aromatic heterocycles. The van der Waals surface area contributed by atoms with Crippen molar-refractivity contribution in [1.29, 1.82) is 0 Å². The van der Waals surface area contributed by atoms with Crippen molar-refractivity contribution in [3.8, 4) is 5.75 Å². The fraction of sp³-hybridized carbons (Fsp3) is 0.357. The van der Waals surface area contributed by atoms with Crippen molar-refractivity contribution in [2.75, 3.05) is 19.2 Å². The van der Waals surface area contributed by atoms with Gasteiger partial charge in [-0.1, -0.05) is 5.56 Å². The van der Waals surface area contributed by atoms with Crippen LogP contribution in [0.15, 0.2) is 12.1 Å². The molecule has 2 rings (SSSR count). The summed E-state index contributed by atoms with van der Waals surface area (Å²) in [6.07, 6.45) is 5.35. The Balaban J connectivity index is 0.00000220. The standard InChI is InChI=1S/C14H14F2NO2S.Y/c1-17-12(4-3-5-13(17)18)14-10(15)6-9(7-11(14)16)19-8-20-2;/h6-7H,3,5,8H2,1-2H3;/q-1;. The van der Waals surface area contributed by atoms with Crippen LogP contribution in [0.4, 0.5) is 8.78 Å². The van der Waals surface area contributed by atoms with Gasteiger partial charge in [0.05, 0.1) is 11.6 Å². The van der Waals surface area contributed by atoms with Crippen LogP contribution in [0.3, 0.4) is 0 Å². The van der Waals surface area contributed by atoms with Crippen LogP contribution in [-0.4, -0.2) is 30.0 Å². The summed E-state index contributed by atoms with van der Waals surface area (Å²) in [6, 6.07) is 2.24. The molecule has 1 aliphatic heterocycles. The summed E-state index contributed by atoms with van der Waals surface area (Å²) in [5.41, 5.74) is -0.0929. The summed E-state index contributed by atoms with van der Waals surface area (Å²) in [5, 5.41) is 0.